The molecule has 3 aliphatic heterocycles. The summed E-state index contributed by atoms with van der Waals surface area (Å²) in [6.07, 6.45) is -0.0188. The molecule has 0 N–H and O–H groups in total. The van der Waals surface area contributed by atoms with Gasteiger partial charge in [-0.2, -0.15) is 0 Å². The van der Waals surface area contributed by atoms with Crippen molar-refractivity contribution >= 4 is 52.8 Å². The highest BCUT2D eigenvalue weighted by Crippen LogP contribution is 2.44. The lowest BCUT2D eigenvalue weighted by molar-refractivity contribution is -0.120. The maximum Gasteiger partial charge on any atom is 0.273 e. The van der Waals surface area contributed by atoms with Crippen molar-refractivity contribution in [2.24, 2.45) is 0 Å². The van der Waals surface area contributed by atoms with Gasteiger partial charge in [-0.1, -0.05) is 23.5 Å². The van der Waals surface area contributed by atoms with Crippen molar-refractivity contribution in [2.75, 3.05) is 57.5 Å². The highest BCUT2D eigenvalue weighted by molar-refractivity contribution is 8.08. The Labute approximate surface area is 282 Å². The zero-order valence-electron chi connectivity index (χ0n) is 26.2. The smallest absolute Gasteiger partial charge is 0.273 e. The van der Waals surface area contributed by atoms with E-state index in [0.717, 1.165) is 0 Å². The van der Waals surface area contributed by atoms with Crippen LogP contribution in [0.3, 0.4) is 0 Å². The number of amides is 4. The summed E-state index contributed by atoms with van der Waals surface area (Å²) in [6, 6.07) is 21.0. The molecule has 47 heavy (non-hydrogen) atoms. The molecule has 0 aromatic heterocycles. The van der Waals surface area contributed by atoms with Gasteiger partial charge in [0.05, 0.1) is 48.0 Å². The summed E-state index contributed by atoms with van der Waals surface area (Å²) in [5.41, 5.74) is 1.53. The first-order chi connectivity index (χ1) is 22.8. The minimum absolute atomic E-state index is 0.0188. The third-order valence-corrected chi connectivity index (χ3v) is 10.0. The Balaban J connectivity index is 1.25. The molecule has 0 radical (unpaired) electrons. The molecule has 6 rings (SSSR count). The fraction of sp³-hybridized carbons (Fsp3) is 0.314. The topological polar surface area (TPSA) is 106 Å². The van der Waals surface area contributed by atoms with Crippen molar-refractivity contribution in [3.63, 3.8) is 0 Å². The number of imide groups is 1. The van der Waals surface area contributed by atoms with Gasteiger partial charge in [-0.3, -0.25) is 19.2 Å². The van der Waals surface area contributed by atoms with Gasteiger partial charge in [-0.05, 0) is 86.6 Å². The number of hydrogen-bond donors (Lipinski definition) is 0. The van der Waals surface area contributed by atoms with Crippen LogP contribution in [0.2, 0.25) is 0 Å². The number of anilines is 1. The molecule has 0 unspecified atom stereocenters. The summed E-state index contributed by atoms with van der Waals surface area (Å²) in [5, 5.41) is 0. The molecule has 2 saturated heterocycles. The molecular weight excluding hydrogens is 639 g/mol. The zero-order chi connectivity index (χ0) is 32.9. The molecule has 3 aromatic carbocycles. The minimum atomic E-state index is -0.437. The average molecular weight is 674 g/mol. The van der Waals surface area contributed by atoms with E-state index in [9.17, 15) is 19.2 Å². The quantitative estimate of drug-likeness (QED) is 0.288. The van der Waals surface area contributed by atoms with E-state index >= 15 is 0 Å². The van der Waals surface area contributed by atoms with Crippen LogP contribution in [-0.2, 0) is 19.1 Å². The van der Waals surface area contributed by atoms with Crippen LogP contribution in [0.1, 0.15) is 34.6 Å². The maximum atomic E-state index is 13.9. The summed E-state index contributed by atoms with van der Waals surface area (Å²) >= 11 is 2.38. The van der Waals surface area contributed by atoms with Gasteiger partial charge in [0.1, 0.15) is 5.75 Å². The molecule has 4 amide bonds. The Morgan fingerprint density at radius 2 is 1.04 bits per heavy atom. The summed E-state index contributed by atoms with van der Waals surface area (Å²) < 4.78 is 16.5. The van der Waals surface area contributed by atoms with Gasteiger partial charge in [0.2, 0.25) is 0 Å². The van der Waals surface area contributed by atoms with E-state index in [1.807, 2.05) is 13.8 Å². The third kappa shape index (κ3) is 7.57. The fourth-order valence-electron chi connectivity index (χ4n) is 5.31. The van der Waals surface area contributed by atoms with Crippen LogP contribution in [-0.4, -0.2) is 92.1 Å². The minimum Gasteiger partial charge on any atom is -0.491 e. The van der Waals surface area contributed by atoms with Crippen LogP contribution in [0.25, 0.3) is 0 Å². The van der Waals surface area contributed by atoms with Gasteiger partial charge in [-0.15, -0.1) is 0 Å². The van der Waals surface area contributed by atoms with E-state index in [1.165, 1.54) is 28.4 Å². The monoisotopic (exact) mass is 673 g/mol. The van der Waals surface area contributed by atoms with Crippen LogP contribution < -0.4 is 9.64 Å². The SMILES string of the molecule is CC(C)Oc1ccc(N2C(=O)C(Sc3ccc(C(=O)N4CCOCC4)cc3)=C(Sc3ccc(C(=O)N4CCOCC4)cc3)C2=O)cc1. The molecular formula is C35H35N3O7S2. The first-order valence-corrected chi connectivity index (χ1v) is 17.1. The fourth-order valence-corrected chi connectivity index (χ4v) is 7.30. The number of morpholine rings is 2. The predicted molar refractivity (Wildman–Crippen MR) is 180 cm³/mol. The molecule has 2 fully saturated rings. The number of carbonyl (C=O) groups excluding carboxylic acids is 4. The molecule has 0 aliphatic carbocycles. The van der Waals surface area contributed by atoms with Gasteiger partial charge < -0.3 is 24.0 Å². The Bertz CT molecular complexity index is 1570. The number of carbonyl (C=O) groups is 4. The highest BCUT2D eigenvalue weighted by Gasteiger charge is 2.40. The first-order valence-electron chi connectivity index (χ1n) is 15.5. The zero-order valence-corrected chi connectivity index (χ0v) is 27.8. The number of nitrogens with zero attached hydrogens (tertiary/aromatic N) is 3. The normalized spacial score (nSPS) is 17.1. The van der Waals surface area contributed by atoms with Crippen LogP contribution in [0, 0.1) is 0 Å². The van der Waals surface area contributed by atoms with E-state index in [2.05, 4.69) is 0 Å². The second kappa shape index (κ2) is 14.8. The number of hydrogen-bond acceptors (Lipinski definition) is 9. The molecule has 3 aliphatic rings. The number of benzene rings is 3. The highest BCUT2D eigenvalue weighted by atomic mass is 32.2. The van der Waals surface area contributed by atoms with Crippen molar-refractivity contribution in [1.82, 2.24) is 9.80 Å². The number of ether oxygens (including phenoxy) is 3. The van der Waals surface area contributed by atoms with Crippen molar-refractivity contribution in [1.29, 1.82) is 0 Å². The third-order valence-electron chi connectivity index (χ3n) is 7.71. The molecule has 3 heterocycles. The van der Waals surface area contributed by atoms with Gasteiger partial charge in [-0.25, -0.2) is 4.90 Å². The molecule has 3 aromatic rings. The lowest BCUT2D eigenvalue weighted by Crippen LogP contribution is -2.40. The average Bonchev–Trinajstić information content (AvgIpc) is 3.33. The van der Waals surface area contributed by atoms with Crippen LogP contribution in [0.4, 0.5) is 5.69 Å². The molecule has 0 spiro atoms. The van der Waals surface area contributed by atoms with Crippen LogP contribution >= 0.6 is 23.5 Å². The first kappa shape index (κ1) is 32.8. The number of rotatable bonds is 9. The van der Waals surface area contributed by atoms with Crippen molar-refractivity contribution in [3.8, 4) is 5.75 Å². The van der Waals surface area contributed by atoms with Crippen molar-refractivity contribution < 1.29 is 33.4 Å². The van der Waals surface area contributed by atoms with Crippen LogP contribution in [0.15, 0.2) is 92.4 Å². The Morgan fingerprint density at radius 1 is 0.638 bits per heavy atom. The number of thioether (sulfide) groups is 2. The van der Waals surface area contributed by atoms with Crippen LogP contribution in [0.5, 0.6) is 5.75 Å². The van der Waals surface area contributed by atoms with E-state index < -0.39 is 11.8 Å². The standard InChI is InChI=1S/C35H35N3O7S2/c1-23(2)45-27-9-7-26(8-10-27)38-34(41)30(46-28-11-3-24(4-12-28)32(39)36-15-19-43-20-16-36)31(35(38)42)47-29-13-5-25(6-14-29)33(40)37-17-21-44-22-18-37/h3-14,23H,15-22H2,1-2H3. The van der Waals surface area contributed by atoms with E-state index in [-0.39, 0.29) is 27.7 Å². The molecule has 10 nitrogen and oxygen atoms in total. The van der Waals surface area contributed by atoms with E-state index in [1.54, 1.807) is 82.6 Å². The lowest BCUT2D eigenvalue weighted by atomic mass is 10.2. The summed E-state index contributed by atoms with van der Waals surface area (Å²) in [6.45, 7) is 8.09. The predicted octanol–water partition coefficient (Wildman–Crippen LogP) is 5.09. The van der Waals surface area contributed by atoms with Gasteiger partial charge in [0.15, 0.2) is 0 Å². The second-order valence-electron chi connectivity index (χ2n) is 11.3. The van der Waals surface area contributed by atoms with E-state index in [0.29, 0.717) is 85.0 Å². The summed E-state index contributed by atoms with van der Waals surface area (Å²) in [4.78, 5) is 60.5. The maximum absolute atomic E-state index is 13.9. The van der Waals surface area contributed by atoms with Gasteiger partial charge >= 0.3 is 0 Å². The summed E-state index contributed by atoms with van der Waals surface area (Å²) in [7, 11) is 0. The molecule has 0 atom stereocenters. The Kier molecular flexibility index (Phi) is 10.3. The Hall–Kier alpha value is -4.10. The molecule has 12 heteroatoms. The molecule has 244 valence electrons. The largest absolute Gasteiger partial charge is 0.491 e. The van der Waals surface area contributed by atoms with Crippen molar-refractivity contribution in [2.45, 2.75) is 29.7 Å². The van der Waals surface area contributed by atoms with Gasteiger partial charge in [0.25, 0.3) is 23.6 Å². The van der Waals surface area contributed by atoms with E-state index in [4.69, 9.17) is 14.2 Å². The summed E-state index contributed by atoms with van der Waals surface area (Å²) in [5.74, 6) is -0.378. The van der Waals surface area contributed by atoms with Crippen molar-refractivity contribution in [3.05, 3.63) is 93.7 Å². The lowest BCUT2D eigenvalue weighted by Gasteiger charge is -2.26. The second-order valence-corrected chi connectivity index (χ2v) is 13.5. The van der Waals surface area contributed by atoms with Gasteiger partial charge in [0, 0.05) is 47.1 Å². The Morgan fingerprint density at radius 3 is 1.43 bits per heavy atom. The molecule has 0 bridgehead atoms. The molecule has 0 saturated carbocycles.